The van der Waals surface area contributed by atoms with E-state index in [0.717, 1.165) is 0 Å². The fourth-order valence-corrected chi connectivity index (χ4v) is 4.82. The van der Waals surface area contributed by atoms with E-state index in [1.807, 2.05) is 0 Å². The normalized spacial score (nSPS) is 14.2. The molecule has 0 heteroatoms. The van der Waals surface area contributed by atoms with Gasteiger partial charge in [-0.2, -0.15) is 0 Å². The lowest BCUT2D eigenvalue weighted by atomic mass is 9.81. The lowest BCUT2D eigenvalue weighted by Crippen LogP contribution is -2.15. The third kappa shape index (κ3) is 2.23. The average molecular weight is 348 g/mol. The van der Waals surface area contributed by atoms with Crippen LogP contribution in [0, 0.1) is 13.8 Å². The number of fused-ring (bicyclic) bond motifs is 5. The van der Waals surface area contributed by atoms with Crippen LogP contribution in [-0.2, 0) is 5.41 Å². The molecular formula is C27H24. The van der Waals surface area contributed by atoms with Crippen molar-refractivity contribution in [3.05, 3.63) is 95.1 Å². The summed E-state index contributed by atoms with van der Waals surface area (Å²) in [5.74, 6) is 0. The molecular weight excluding hydrogens is 324 g/mol. The van der Waals surface area contributed by atoms with E-state index >= 15 is 0 Å². The van der Waals surface area contributed by atoms with Crippen LogP contribution < -0.4 is 0 Å². The van der Waals surface area contributed by atoms with Gasteiger partial charge in [-0.25, -0.2) is 0 Å². The number of hydrogen-bond donors (Lipinski definition) is 0. The van der Waals surface area contributed by atoms with Crippen LogP contribution in [0.5, 0.6) is 0 Å². The summed E-state index contributed by atoms with van der Waals surface area (Å²) in [7, 11) is 0. The van der Waals surface area contributed by atoms with E-state index in [4.69, 9.17) is 0 Å². The molecule has 0 spiro atoms. The Morgan fingerprint density at radius 1 is 0.593 bits per heavy atom. The first-order valence-corrected chi connectivity index (χ1v) is 9.72. The zero-order chi connectivity index (χ0) is 18.8. The Morgan fingerprint density at radius 2 is 1.33 bits per heavy atom. The van der Waals surface area contributed by atoms with Gasteiger partial charge < -0.3 is 0 Å². The average Bonchev–Trinajstić information content (AvgIpc) is 2.89. The fraction of sp³-hybridized carbons (Fsp3) is 0.185. The molecule has 1 aliphatic rings. The van der Waals surface area contributed by atoms with E-state index in [1.165, 1.54) is 55.3 Å². The summed E-state index contributed by atoms with van der Waals surface area (Å²) in [6.07, 6.45) is 0. The number of rotatable bonds is 1. The molecule has 0 unspecified atom stereocenters. The van der Waals surface area contributed by atoms with Gasteiger partial charge in [0.2, 0.25) is 0 Å². The second-order valence-electron chi connectivity index (χ2n) is 8.36. The third-order valence-electron chi connectivity index (χ3n) is 6.34. The maximum atomic E-state index is 2.44. The third-order valence-corrected chi connectivity index (χ3v) is 6.34. The minimum atomic E-state index is 0.0315. The van der Waals surface area contributed by atoms with Crippen LogP contribution in [0.25, 0.3) is 33.0 Å². The molecule has 0 atom stereocenters. The molecule has 0 bridgehead atoms. The monoisotopic (exact) mass is 348 g/mol. The van der Waals surface area contributed by atoms with Crippen LogP contribution in [0.1, 0.15) is 36.1 Å². The Bertz CT molecular complexity index is 1210. The molecule has 0 radical (unpaired) electrons. The summed E-state index contributed by atoms with van der Waals surface area (Å²) >= 11 is 0. The summed E-state index contributed by atoms with van der Waals surface area (Å²) in [4.78, 5) is 0. The number of hydrogen-bond acceptors (Lipinski definition) is 0. The summed E-state index contributed by atoms with van der Waals surface area (Å²) in [6.45, 7) is 9.17. The lowest BCUT2D eigenvalue weighted by Gasteiger charge is -2.22. The lowest BCUT2D eigenvalue weighted by molar-refractivity contribution is 0.660. The maximum Gasteiger partial charge on any atom is 0.0159 e. The van der Waals surface area contributed by atoms with Gasteiger partial charge in [-0.1, -0.05) is 80.6 Å². The van der Waals surface area contributed by atoms with Gasteiger partial charge in [0.15, 0.2) is 0 Å². The van der Waals surface area contributed by atoms with Crippen LogP contribution in [-0.4, -0.2) is 0 Å². The molecule has 0 N–H and O–H groups in total. The Labute approximate surface area is 161 Å². The molecule has 0 nitrogen and oxygen atoms in total. The van der Waals surface area contributed by atoms with Crippen molar-refractivity contribution in [2.24, 2.45) is 0 Å². The van der Waals surface area contributed by atoms with Crippen molar-refractivity contribution in [3.8, 4) is 22.3 Å². The van der Waals surface area contributed by atoms with Crippen molar-refractivity contribution in [3.63, 3.8) is 0 Å². The molecule has 0 heterocycles. The van der Waals surface area contributed by atoms with Crippen LogP contribution in [0.2, 0.25) is 0 Å². The zero-order valence-corrected chi connectivity index (χ0v) is 16.4. The van der Waals surface area contributed by atoms with Gasteiger partial charge in [0.25, 0.3) is 0 Å². The maximum absolute atomic E-state index is 2.44. The van der Waals surface area contributed by atoms with E-state index in [9.17, 15) is 0 Å². The number of aryl methyl sites for hydroxylation is 2. The molecule has 0 aromatic heterocycles. The first kappa shape index (κ1) is 16.3. The standard InChI is InChI=1S/C27H24/c1-17-9-5-7-11-20(17)22-16-23-25(15-18(22)2)27(3,4)24-14-13-19-10-6-8-12-21(19)26(23)24/h5-16H,1-4H3. The minimum absolute atomic E-state index is 0.0315. The predicted octanol–water partition coefficient (Wildman–Crippen LogP) is 7.43. The van der Waals surface area contributed by atoms with Crippen molar-refractivity contribution in [1.82, 2.24) is 0 Å². The largest absolute Gasteiger partial charge is 0.0620 e. The molecule has 0 amide bonds. The highest BCUT2D eigenvalue weighted by Crippen LogP contribution is 2.52. The molecule has 0 saturated heterocycles. The van der Waals surface area contributed by atoms with E-state index in [2.05, 4.69) is 100 Å². The van der Waals surface area contributed by atoms with Crippen molar-refractivity contribution < 1.29 is 0 Å². The topological polar surface area (TPSA) is 0 Å². The molecule has 27 heavy (non-hydrogen) atoms. The summed E-state index contributed by atoms with van der Waals surface area (Å²) in [5, 5.41) is 2.68. The smallest absolute Gasteiger partial charge is 0.0159 e. The van der Waals surface area contributed by atoms with E-state index in [0.29, 0.717) is 0 Å². The first-order valence-electron chi connectivity index (χ1n) is 9.72. The SMILES string of the molecule is Cc1ccccc1-c1cc2c(cc1C)C(C)(C)c1ccc3ccccc3c1-2. The van der Waals surface area contributed by atoms with Crippen molar-refractivity contribution in [2.75, 3.05) is 0 Å². The van der Waals surface area contributed by atoms with E-state index in [-0.39, 0.29) is 5.41 Å². The Kier molecular flexibility index (Phi) is 3.37. The second kappa shape index (κ2) is 5.57. The Hall–Kier alpha value is -2.86. The van der Waals surface area contributed by atoms with Gasteiger partial charge in [0.1, 0.15) is 0 Å². The highest BCUT2D eigenvalue weighted by atomic mass is 14.4. The molecule has 4 aromatic carbocycles. The number of benzene rings is 4. The van der Waals surface area contributed by atoms with Gasteiger partial charge in [0, 0.05) is 5.41 Å². The van der Waals surface area contributed by atoms with Gasteiger partial charge in [-0.05, 0) is 75.2 Å². The highest BCUT2D eigenvalue weighted by molar-refractivity contribution is 6.03. The molecule has 0 fully saturated rings. The highest BCUT2D eigenvalue weighted by Gasteiger charge is 2.37. The Morgan fingerprint density at radius 3 is 2.15 bits per heavy atom. The van der Waals surface area contributed by atoms with Crippen molar-refractivity contribution in [2.45, 2.75) is 33.1 Å². The molecule has 0 aliphatic heterocycles. The summed E-state index contributed by atoms with van der Waals surface area (Å²) in [6, 6.07) is 27.0. The van der Waals surface area contributed by atoms with E-state index in [1.54, 1.807) is 0 Å². The van der Waals surface area contributed by atoms with E-state index < -0.39 is 0 Å². The van der Waals surface area contributed by atoms with Gasteiger partial charge in [-0.15, -0.1) is 0 Å². The van der Waals surface area contributed by atoms with Crippen LogP contribution >= 0.6 is 0 Å². The Balaban J connectivity index is 1.88. The van der Waals surface area contributed by atoms with Crippen LogP contribution in [0.15, 0.2) is 72.8 Å². The second-order valence-corrected chi connectivity index (χ2v) is 8.36. The predicted molar refractivity (Wildman–Crippen MR) is 116 cm³/mol. The van der Waals surface area contributed by atoms with Gasteiger partial charge >= 0.3 is 0 Å². The molecule has 5 rings (SSSR count). The fourth-order valence-electron chi connectivity index (χ4n) is 4.82. The van der Waals surface area contributed by atoms with Crippen LogP contribution in [0.3, 0.4) is 0 Å². The molecule has 132 valence electrons. The summed E-state index contributed by atoms with van der Waals surface area (Å²) < 4.78 is 0. The van der Waals surface area contributed by atoms with Crippen molar-refractivity contribution in [1.29, 1.82) is 0 Å². The molecule has 4 aromatic rings. The summed E-state index contributed by atoms with van der Waals surface area (Å²) in [5.41, 5.74) is 11.1. The van der Waals surface area contributed by atoms with Crippen molar-refractivity contribution >= 4 is 10.8 Å². The molecule has 1 aliphatic carbocycles. The first-order chi connectivity index (χ1) is 13.0. The quantitative estimate of drug-likeness (QED) is 0.335. The van der Waals surface area contributed by atoms with Gasteiger partial charge in [-0.3, -0.25) is 0 Å². The van der Waals surface area contributed by atoms with Crippen LogP contribution in [0.4, 0.5) is 0 Å². The molecule has 0 saturated carbocycles. The van der Waals surface area contributed by atoms with Gasteiger partial charge in [0.05, 0.1) is 0 Å². The zero-order valence-electron chi connectivity index (χ0n) is 16.4. The minimum Gasteiger partial charge on any atom is -0.0620 e.